The first kappa shape index (κ1) is 18.4. The average molecular weight is 401 g/mol. The molecule has 1 atom stereocenters. The van der Waals surface area contributed by atoms with Gasteiger partial charge in [-0.2, -0.15) is 0 Å². The molecule has 0 saturated carbocycles. The van der Waals surface area contributed by atoms with Gasteiger partial charge in [-0.3, -0.25) is 4.79 Å². The highest BCUT2D eigenvalue weighted by Crippen LogP contribution is 2.26. The van der Waals surface area contributed by atoms with Gasteiger partial charge >= 0.3 is 0 Å². The molecule has 1 unspecified atom stereocenters. The number of nitrogens with one attached hydrogen (secondary N) is 1. The summed E-state index contributed by atoms with van der Waals surface area (Å²) in [4.78, 5) is 11.4. The molecule has 21 heavy (non-hydrogen) atoms. The van der Waals surface area contributed by atoms with Gasteiger partial charge in [0.25, 0.3) is 15.0 Å². The summed E-state index contributed by atoms with van der Waals surface area (Å²) >= 11 is 3.05. The summed E-state index contributed by atoms with van der Waals surface area (Å²) in [5.41, 5.74) is 0.0268. The fourth-order valence-electron chi connectivity index (χ4n) is 1.77. The highest BCUT2D eigenvalue weighted by Gasteiger charge is 2.22. The number of unbranched alkanes of at least 4 members (excludes halogenated alkanes) is 1. The van der Waals surface area contributed by atoms with Crippen molar-refractivity contribution in [2.24, 2.45) is 0 Å². The van der Waals surface area contributed by atoms with Gasteiger partial charge in [0.05, 0.1) is 5.56 Å². The largest absolute Gasteiger partial charge is 0.350 e. The summed E-state index contributed by atoms with van der Waals surface area (Å²) in [6, 6.07) is 1.79. The van der Waals surface area contributed by atoms with Gasteiger partial charge in [0.1, 0.15) is 10.7 Å². The van der Waals surface area contributed by atoms with Crippen molar-refractivity contribution in [1.29, 1.82) is 0 Å². The lowest BCUT2D eigenvalue weighted by atomic mass is 10.1. The lowest BCUT2D eigenvalue weighted by Crippen LogP contribution is -2.32. The van der Waals surface area contributed by atoms with Crippen molar-refractivity contribution in [2.45, 2.75) is 44.0 Å². The SMILES string of the molecule is CCCCC(C)NC(=O)c1cc(S(=O)(=O)Cl)c(F)cc1Br. The van der Waals surface area contributed by atoms with E-state index in [1.54, 1.807) is 0 Å². The van der Waals surface area contributed by atoms with Crippen LogP contribution in [0.15, 0.2) is 21.5 Å². The number of rotatable bonds is 6. The second-order valence-corrected chi connectivity index (χ2v) is 8.11. The Balaban J connectivity index is 3.05. The van der Waals surface area contributed by atoms with E-state index in [9.17, 15) is 17.6 Å². The van der Waals surface area contributed by atoms with Gasteiger partial charge in [0.2, 0.25) is 0 Å². The van der Waals surface area contributed by atoms with E-state index in [0.29, 0.717) is 0 Å². The molecule has 1 aromatic carbocycles. The molecule has 0 spiro atoms. The van der Waals surface area contributed by atoms with E-state index in [2.05, 4.69) is 21.2 Å². The van der Waals surface area contributed by atoms with Gasteiger partial charge in [-0.15, -0.1) is 0 Å². The van der Waals surface area contributed by atoms with E-state index in [1.165, 1.54) is 0 Å². The fraction of sp³-hybridized carbons (Fsp3) is 0.462. The summed E-state index contributed by atoms with van der Waals surface area (Å²) in [5, 5.41) is 2.74. The predicted molar refractivity (Wildman–Crippen MR) is 83.6 cm³/mol. The zero-order chi connectivity index (χ0) is 16.2. The Morgan fingerprint density at radius 2 is 2.10 bits per heavy atom. The van der Waals surface area contributed by atoms with E-state index >= 15 is 0 Å². The van der Waals surface area contributed by atoms with Crippen molar-refractivity contribution in [1.82, 2.24) is 5.32 Å². The number of benzene rings is 1. The van der Waals surface area contributed by atoms with E-state index in [0.717, 1.165) is 31.4 Å². The molecule has 1 N–H and O–H groups in total. The third-order valence-corrected chi connectivity index (χ3v) is 4.89. The van der Waals surface area contributed by atoms with Crippen molar-refractivity contribution in [3.05, 3.63) is 28.0 Å². The van der Waals surface area contributed by atoms with E-state index in [1.807, 2.05) is 13.8 Å². The summed E-state index contributed by atoms with van der Waals surface area (Å²) < 4.78 is 36.3. The monoisotopic (exact) mass is 399 g/mol. The first-order chi connectivity index (χ1) is 9.66. The highest BCUT2D eigenvalue weighted by atomic mass is 79.9. The molecule has 8 heteroatoms. The van der Waals surface area contributed by atoms with Gasteiger partial charge in [-0.05, 0) is 41.4 Å². The van der Waals surface area contributed by atoms with E-state index in [-0.39, 0.29) is 16.1 Å². The Morgan fingerprint density at radius 1 is 1.48 bits per heavy atom. The molecule has 0 bridgehead atoms. The van der Waals surface area contributed by atoms with Crippen molar-refractivity contribution in [3.63, 3.8) is 0 Å². The molecular formula is C13H16BrClFNO3S. The first-order valence-corrected chi connectivity index (χ1v) is 9.51. The number of amides is 1. The molecule has 4 nitrogen and oxygen atoms in total. The number of halogens is 3. The van der Waals surface area contributed by atoms with Gasteiger partial charge in [-0.25, -0.2) is 12.8 Å². The Kier molecular flexibility index (Phi) is 6.62. The van der Waals surface area contributed by atoms with Crippen LogP contribution in [0, 0.1) is 5.82 Å². The summed E-state index contributed by atoms with van der Waals surface area (Å²) in [5.74, 6) is -1.49. The number of hydrogen-bond donors (Lipinski definition) is 1. The molecule has 1 aromatic rings. The third kappa shape index (κ3) is 5.23. The topological polar surface area (TPSA) is 63.2 Å². The Morgan fingerprint density at radius 3 is 2.62 bits per heavy atom. The summed E-state index contributed by atoms with van der Waals surface area (Å²) in [6.07, 6.45) is 2.78. The minimum absolute atomic E-state index is 0.0268. The zero-order valence-corrected chi connectivity index (χ0v) is 14.8. The minimum atomic E-state index is -4.25. The predicted octanol–water partition coefficient (Wildman–Crippen LogP) is 3.82. The molecule has 0 aromatic heterocycles. The van der Waals surface area contributed by atoms with Crippen LogP contribution in [0.5, 0.6) is 0 Å². The molecule has 1 amide bonds. The normalized spacial score (nSPS) is 13.0. The van der Waals surface area contributed by atoms with Crippen LogP contribution in [0.25, 0.3) is 0 Å². The third-order valence-electron chi connectivity index (χ3n) is 2.90. The van der Waals surface area contributed by atoms with Crippen molar-refractivity contribution in [2.75, 3.05) is 0 Å². The Bertz CT molecular complexity index is 637. The maximum absolute atomic E-state index is 13.6. The summed E-state index contributed by atoms with van der Waals surface area (Å²) in [6.45, 7) is 3.90. The lowest BCUT2D eigenvalue weighted by Gasteiger charge is -2.14. The average Bonchev–Trinajstić information content (AvgIpc) is 2.34. The molecule has 118 valence electrons. The van der Waals surface area contributed by atoms with Gasteiger partial charge in [-0.1, -0.05) is 19.8 Å². The van der Waals surface area contributed by atoms with E-state index < -0.39 is 25.7 Å². The molecule has 0 aliphatic carbocycles. The maximum Gasteiger partial charge on any atom is 0.264 e. The van der Waals surface area contributed by atoms with Crippen LogP contribution in [-0.2, 0) is 9.05 Å². The van der Waals surface area contributed by atoms with Gasteiger partial charge in [0, 0.05) is 21.2 Å². The van der Waals surface area contributed by atoms with Crippen LogP contribution in [0.1, 0.15) is 43.5 Å². The number of hydrogen-bond acceptors (Lipinski definition) is 3. The second kappa shape index (κ2) is 7.56. The van der Waals surface area contributed by atoms with Crippen molar-refractivity contribution < 1.29 is 17.6 Å². The lowest BCUT2D eigenvalue weighted by molar-refractivity contribution is 0.0937. The van der Waals surface area contributed by atoms with Crippen LogP contribution in [-0.4, -0.2) is 20.4 Å². The standard InChI is InChI=1S/C13H16BrClFNO3S/c1-3-4-5-8(2)17-13(18)9-6-12(21(15,19)20)11(16)7-10(9)14/h6-8H,3-5H2,1-2H3,(H,17,18). The van der Waals surface area contributed by atoms with Crippen LogP contribution in [0.3, 0.4) is 0 Å². The Hall–Kier alpha value is -0.660. The molecule has 0 fully saturated rings. The molecule has 1 rings (SSSR count). The molecule has 0 aliphatic heterocycles. The van der Waals surface area contributed by atoms with Gasteiger partial charge < -0.3 is 5.32 Å². The highest BCUT2D eigenvalue weighted by molar-refractivity contribution is 9.10. The smallest absolute Gasteiger partial charge is 0.264 e. The van der Waals surface area contributed by atoms with Crippen LogP contribution in [0.2, 0.25) is 0 Å². The van der Waals surface area contributed by atoms with E-state index in [4.69, 9.17) is 10.7 Å². The Labute approximate surface area is 136 Å². The van der Waals surface area contributed by atoms with Gasteiger partial charge in [0.15, 0.2) is 0 Å². The molecule has 0 radical (unpaired) electrons. The molecule has 0 heterocycles. The van der Waals surface area contributed by atoms with Crippen LogP contribution >= 0.6 is 26.6 Å². The van der Waals surface area contributed by atoms with Crippen molar-refractivity contribution in [3.8, 4) is 0 Å². The summed E-state index contributed by atoms with van der Waals surface area (Å²) in [7, 11) is 0.900. The van der Waals surface area contributed by atoms with Crippen LogP contribution in [0.4, 0.5) is 4.39 Å². The maximum atomic E-state index is 13.6. The minimum Gasteiger partial charge on any atom is -0.350 e. The first-order valence-electron chi connectivity index (χ1n) is 6.41. The zero-order valence-electron chi connectivity index (χ0n) is 11.6. The number of carbonyl (C=O) groups is 1. The molecular weight excluding hydrogens is 385 g/mol. The van der Waals surface area contributed by atoms with Crippen molar-refractivity contribution >= 4 is 41.6 Å². The number of carbonyl (C=O) groups excluding carboxylic acids is 1. The molecule has 0 saturated heterocycles. The van der Waals surface area contributed by atoms with Crippen LogP contribution < -0.4 is 5.32 Å². The fourth-order valence-corrected chi connectivity index (χ4v) is 3.17. The quantitative estimate of drug-likeness (QED) is 0.738. The molecule has 0 aliphatic rings. The second-order valence-electron chi connectivity index (χ2n) is 4.72.